The maximum atomic E-state index is 13.1. The third-order valence-corrected chi connectivity index (χ3v) is 5.42. The second-order valence-corrected chi connectivity index (χ2v) is 7.63. The summed E-state index contributed by atoms with van der Waals surface area (Å²) in [6, 6.07) is 15.0. The fourth-order valence-corrected chi connectivity index (χ4v) is 3.76. The third-order valence-electron chi connectivity index (χ3n) is 5.42. The summed E-state index contributed by atoms with van der Waals surface area (Å²) >= 11 is 0. The first kappa shape index (κ1) is 20.6. The summed E-state index contributed by atoms with van der Waals surface area (Å²) in [6.45, 7) is 0.981. The summed E-state index contributed by atoms with van der Waals surface area (Å²) in [6.07, 6.45) is 2.90. The summed E-state index contributed by atoms with van der Waals surface area (Å²) in [5.41, 5.74) is 3.06. The second-order valence-electron chi connectivity index (χ2n) is 7.63. The van der Waals surface area contributed by atoms with Crippen molar-refractivity contribution in [3.05, 3.63) is 83.4 Å². The predicted octanol–water partition coefficient (Wildman–Crippen LogP) is 3.19. The molecule has 0 aliphatic carbocycles. The van der Waals surface area contributed by atoms with Crippen molar-refractivity contribution in [1.82, 2.24) is 20.0 Å². The lowest BCUT2D eigenvalue weighted by Crippen LogP contribution is -2.40. The average molecular weight is 421 g/mol. The van der Waals surface area contributed by atoms with Crippen LogP contribution in [0.5, 0.6) is 0 Å². The number of benzene rings is 2. The quantitative estimate of drug-likeness (QED) is 0.664. The van der Waals surface area contributed by atoms with Crippen LogP contribution in [-0.2, 0) is 13.5 Å². The van der Waals surface area contributed by atoms with Crippen molar-refractivity contribution in [2.75, 3.05) is 18.4 Å². The number of nitrogens with one attached hydrogen (secondary N) is 2. The number of aromatic nitrogens is 2. The number of carbonyl (C=O) groups excluding carboxylic acids is 2. The zero-order valence-corrected chi connectivity index (χ0v) is 17.2. The van der Waals surface area contributed by atoms with Gasteiger partial charge in [-0.25, -0.2) is 9.18 Å². The molecule has 0 radical (unpaired) electrons. The van der Waals surface area contributed by atoms with Crippen LogP contribution in [0.25, 0.3) is 0 Å². The number of urea groups is 1. The molecule has 2 aromatic carbocycles. The lowest BCUT2D eigenvalue weighted by Gasteiger charge is -2.18. The molecule has 1 saturated heterocycles. The highest BCUT2D eigenvalue weighted by Gasteiger charge is 2.30. The van der Waals surface area contributed by atoms with Crippen LogP contribution >= 0.6 is 0 Å². The lowest BCUT2D eigenvalue weighted by molar-refractivity contribution is 0.0788. The number of hydrogen-bond acceptors (Lipinski definition) is 3. The van der Waals surface area contributed by atoms with Gasteiger partial charge in [0.05, 0.1) is 17.5 Å². The van der Waals surface area contributed by atoms with Crippen molar-refractivity contribution in [3.8, 4) is 0 Å². The number of likely N-dealkylation sites (tertiary alicyclic amines) is 1. The Bertz CT molecular complexity index is 1070. The van der Waals surface area contributed by atoms with Crippen LogP contribution < -0.4 is 10.6 Å². The summed E-state index contributed by atoms with van der Waals surface area (Å²) < 4.78 is 14.7. The lowest BCUT2D eigenvalue weighted by atomic mass is 10.1. The van der Waals surface area contributed by atoms with Crippen molar-refractivity contribution >= 4 is 17.6 Å². The number of anilines is 1. The molecule has 1 unspecified atom stereocenters. The number of rotatable bonds is 5. The van der Waals surface area contributed by atoms with Crippen LogP contribution in [0.2, 0.25) is 0 Å². The molecule has 1 aliphatic rings. The maximum Gasteiger partial charge on any atom is 0.319 e. The Morgan fingerprint density at radius 1 is 1.13 bits per heavy atom. The molecule has 1 aliphatic heterocycles. The second kappa shape index (κ2) is 8.99. The minimum Gasteiger partial charge on any atom is -0.336 e. The zero-order valence-electron chi connectivity index (χ0n) is 17.2. The molecule has 4 rings (SSSR count). The molecule has 3 amide bonds. The van der Waals surface area contributed by atoms with Gasteiger partial charge in [-0.1, -0.05) is 30.3 Å². The van der Waals surface area contributed by atoms with Crippen LogP contribution in [0.4, 0.5) is 14.9 Å². The van der Waals surface area contributed by atoms with Gasteiger partial charge in [0, 0.05) is 38.3 Å². The summed E-state index contributed by atoms with van der Waals surface area (Å²) in [5, 5.41) is 9.85. The number of nitrogens with zero attached hydrogens (tertiary/aromatic N) is 3. The Morgan fingerprint density at radius 2 is 1.87 bits per heavy atom. The molecule has 2 heterocycles. The molecule has 160 valence electrons. The smallest absolute Gasteiger partial charge is 0.319 e. The first-order valence-corrected chi connectivity index (χ1v) is 10.2. The Hall–Kier alpha value is -3.68. The van der Waals surface area contributed by atoms with E-state index in [1.165, 1.54) is 24.3 Å². The van der Waals surface area contributed by atoms with E-state index in [9.17, 15) is 14.0 Å². The molecule has 1 aromatic heterocycles. The third kappa shape index (κ3) is 4.91. The van der Waals surface area contributed by atoms with E-state index in [1.807, 2.05) is 37.4 Å². The fourth-order valence-electron chi connectivity index (χ4n) is 3.76. The van der Waals surface area contributed by atoms with Gasteiger partial charge in [-0.05, 0) is 36.2 Å². The number of amides is 3. The van der Waals surface area contributed by atoms with E-state index in [0.717, 1.165) is 11.3 Å². The van der Waals surface area contributed by atoms with Crippen LogP contribution in [0.15, 0.2) is 60.8 Å². The Labute approximate surface area is 179 Å². The van der Waals surface area contributed by atoms with Gasteiger partial charge in [-0.15, -0.1) is 0 Å². The van der Waals surface area contributed by atoms with E-state index in [-0.39, 0.29) is 23.8 Å². The van der Waals surface area contributed by atoms with Crippen LogP contribution in [0.3, 0.4) is 0 Å². The molecule has 7 nitrogen and oxygen atoms in total. The van der Waals surface area contributed by atoms with Crippen LogP contribution in [0.1, 0.15) is 28.0 Å². The average Bonchev–Trinajstić information content (AvgIpc) is 3.37. The van der Waals surface area contributed by atoms with Crippen molar-refractivity contribution in [2.45, 2.75) is 18.9 Å². The van der Waals surface area contributed by atoms with Crippen molar-refractivity contribution in [2.24, 2.45) is 7.05 Å². The highest BCUT2D eigenvalue weighted by molar-refractivity contribution is 5.95. The molecular formula is C23H24FN5O2. The largest absolute Gasteiger partial charge is 0.336 e. The molecule has 0 bridgehead atoms. The summed E-state index contributed by atoms with van der Waals surface area (Å²) in [7, 11) is 1.84. The Kier molecular flexibility index (Phi) is 5.97. The van der Waals surface area contributed by atoms with E-state index < -0.39 is 0 Å². The molecular weight excluding hydrogens is 397 g/mol. The van der Waals surface area contributed by atoms with Crippen molar-refractivity contribution < 1.29 is 14.0 Å². The normalized spacial score (nSPS) is 15.7. The molecule has 1 fully saturated rings. The monoisotopic (exact) mass is 421 g/mol. The topological polar surface area (TPSA) is 79.3 Å². The van der Waals surface area contributed by atoms with Crippen LogP contribution in [0, 0.1) is 5.82 Å². The predicted molar refractivity (Wildman–Crippen MR) is 115 cm³/mol. The van der Waals surface area contributed by atoms with Gasteiger partial charge < -0.3 is 15.5 Å². The molecule has 1 atom stereocenters. The van der Waals surface area contributed by atoms with Gasteiger partial charge in [0.1, 0.15) is 5.82 Å². The van der Waals surface area contributed by atoms with Gasteiger partial charge in [0.25, 0.3) is 5.91 Å². The first-order valence-electron chi connectivity index (χ1n) is 10.2. The van der Waals surface area contributed by atoms with E-state index >= 15 is 0 Å². The molecule has 8 heteroatoms. The zero-order chi connectivity index (χ0) is 21.8. The molecule has 31 heavy (non-hydrogen) atoms. The molecule has 0 saturated carbocycles. The maximum absolute atomic E-state index is 13.1. The van der Waals surface area contributed by atoms with Crippen LogP contribution in [-0.4, -0.2) is 45.8 Å². The van der Waals surface area contributed by atoms with E-state index in [2.05, 4.69) is 15.7 Å². The van der Waals surface area contributed by atoms with E-state index in [4.69, 9.17) is 0 Å². The minimum atomic E-state index is -0.378. The summed E-state index contributed by atoms with van der Waals surface area (Å²) in [5.74, 6) is -0.444. The highest BCUT2D eigenvalue weighted by Crippen LogP contribution is 2.19. The Balaban J connectivity index is 1.36. The van der Waals surface area contributed by atoms with Gasteiger partial charge in [0.15, 0.2) is 0 Å². The van der Waals surface area contributed by atoms with Crippen molar-refractivity contribution in [1.29, 1.82) is 0 Å². The highest BCUT2D eigenvalue weighted by atomic mass is 19.1. The first-order chi connectivity index (χ1) is 15.0. The van der Waals surface area contributed by atoms with Gasteiger partial charge in [-0.2, -0.15) is 5.10 Å². The number of aryl methyl sites for hydroxylation is 1. The van der Waals surface area contributed by atoms with Crippen molar-refractivity contribution in [3.63, 3.8) is 0 Å². The van der Waals surface area contributed by atoms with Gasteiger partial charge in [-0.3, -0.25) is 9.48 Å². The minimum absolute atomic E-state index is 0.0812. The number of halogens is 1. The number of carbonyl (C=O) groups is 2. The Morgan fingerprint density at radius 3 is 2.61 bits per heavy atom. The fraction of sp³-hybridized carbons (Fsp3) is 0.261. The molecule has 2 N–H and O–H groups in total. The SMILES string of the molecule is Cn1ncc(C(=O)N2CCC(NC(=O)Nc3ccc(F)cc3)C2)c1Cc1ccccc1. The standard InChI is InChI=1S/C23H24FN5O2/c1-28-21(13-16-5-3-2-4-6-16)20(14-25-28)22(30)29-12-11-19(15-29)27-23(31)26-18-9-7-17(24)8-10-18/h2-10,14,19H,11-13,15H2,1H3,(H2,26,27,31). The van der Waals surface area contributed by atoms with E-state index in [1.54, 1.807) is 15.8 Å². The van der Waals surface area contributed by atoms with Gasteiger partial charge in [0.2, 0.25) is 0 Å². The van der Waals surface area contributed by atoms with Gasteiger partial charge >= 0.3 is 6.03 Å². The van der Waals surface area contributed by atoms with E-state index in [0.29, 0.717) is 37.2 Å². The molecule has 0 spiro atoms. The number of hydrogen-bond donors (Lipinski definition) is 2. The summed E-state index contributed by atoms with van der Waals surface area (Å²) in [4.78, 5) is 27.1. The molecule has 3 aromatic rings.